The minimum Gasteiger partial charge on any atom is -0.374 e. The first-order chi connectivity index (χ1) is 15.4. The van der Waals surface area contributed by atoms with Crippen molar-refractivity contribution < 1.29 is 4.39 Å². The number of hydrogen-bond acceptors (Lipinski definition) is 3. The van der Waals surface area contributed by atoms with E-state index in [-0.39, 0.29) is 5.82 Å². The zero-order valence-corrected chi connectivity index (χ0v) is 19.6. The quantitative estimate of drug-likeness (QED) is 0.283. The highest BCUT2D eigenvalue weighted by atomic mass is 35.5. The van der Waals surface area contributed by atoms with Gasteiger partial charge in [0.1, 0.15) is 5.82 Å². The summed E-state index contributed by atoms with van der Waals surface area (Å²) in [5.41, 5.74) is 4.68. The SMILES string of the molecule is Cc1ccc(F)cc1-c1cn(CCCN(C)c2ccncc2)c(=S)n1-c1ccc(Cl)cc1. The Morgan fingerprint density at radius 3 is 2.50 bits per heavy atom. The highest BCUT2D eigenvalue weighted by Crippen LogP contribution is 2.29. The van der Waals surface area contributed by atoms with Crippen LogP contribution < -0.4 is 4.90 Å². The van der Waals surface area contributed by atoms with Crippen molar-refractivity contribution in [3.63, 3.8) is 0 Å². The minimum atomic E-state index is -0.272. The molecule has 4 rings (SSSR count). The Labute approximate surface area is 197 Å². The van der Waals surface area contributed by atoms with Crippen molar-refractivity contribution in [2.24, 2.45) is 0 Å². The molecule has 4 aromatic rings. The van der Waals surface area contributed by atoms with Gasteiger partial charge in [0, 0.05) is 60.7 Å². The maximum atomic E-state index is 14.1. The first kappa shape index (κ1) is 22.2. The van der Waals surface area contributed by atoms with Crippen LogP contribution in [0.1, 0.15) is 12.0 Å². The van der Waals surface area contributed by atoms with Crippen molar-refractivity contribution in [3.05, 3.63) is 94.4 Å². The van der Waals surface area contributed by atoms with E-state index in [4.69, 9.17) is 23.8 Å². The molecule has 0 saturated heterocycles. The molecule has 0 amide bonds. The van der Waals surface area contributed by atoms with Crippen LogP contribution in [0.15, 0.2) is 73.2 Å². The van der Waals surface area contributed by atoms with Crippen LogP contribution >= 0.6 is 23.8 Å². The second-order valence-corrected chi connectivity index (χ2v) is 8.54. The van der Waals surface area contributed by atoms with Crippen LogP contribution in [0.4, 0.5) is 10.1 Å². The largest absolute Gasteiger partial charge is 0.374 e. The summed E-state index contributed by atoms with van der Waals surface area (Å²) in [5.74, 6) is -0.272. The summed E-state index contributed by atoms with van der Waals surface area (Å²) < 4.78 is 18.8. The van der Waals surface area contributed by atoms with Crippen molar-refractivity contribution >= 4 is 29.5 Å². The molecule has 0 N–H and O–H groups in total. The second-order valence-electron chi connectivity index (χ2n) is 7.74. The Kier molecular flexibility index (Phi) is 6.72. The highest BCUT2D eigenvalue weighted by molar-refractivity contribution is 7.71. The number of imidazole rings is 1. The third-order valence-electron chi connectivity index (χ3n) is 5.51. The van der Waals surface area contributed by atoms with Crippen LogP contribution in [-0.2, 0) is 6.54 Å². The van der Waals surface area contributed by atoms with E-state index < -0.39 is 0 Å². The fourth-order valence-electron chi connectivity index (χ4n) is 3.76. The first-order valence-corrected chi connectivity index (χ1v) is 11.2. The Bertz CT molecular complexity index is 1270. The predicted octanol–water partition coefficient (Wildman–Crippen LogP) is 6.70. The van der Waals surface area contributed by atoms with Crippen molar-refractivity contribution in [3.8, 4) is 16.9 Å². The fourth-order valence-corrected chi connectivity index (χ4v) is 4.23. The van der Waals surface area contributed by atoms with Gasteiger partial charge in [0.2, 0.25) is 0 Å². The fraction of sp³-hybridized carbons (Fsp3) is 0.200. The van der Waals surface area contributed by atoms with E-state index in [1.807, 2.05) is 54.1 Å². The lowest BCUT2D eigenvalue weighted by molar-refractivity contribution is 0.627. The molecule has 0 radical (unpaired) electrons. The van der Waals surface area contributed by atoms with Gasteiger partial charge in [0.25, 0.3) is 0 Å². The summed E-state index contributed by atoms with van der Waals surface area (Å²) in [7, 11) is 2.06. The highest BCUT2D eigenvalue weighted by Gasteiger charge is 2.15. The lowest BCUT2D eigenvalue weighted by atomic mass is 10.1. The van der Waals surface area contributed by atoms with Crippen molar-refractivity contribution in [1.82, 2.24) is 14.1 Å². The van der Waals surface area contributed by atoms with Crippen LogP contribution in [0, 0.1) is 17.5 Å². The first-order valence-electron chi connectivity index (χ1n) is 10.4. The summed E-state index contributed by atoms with van der Waals surface area (Å²) in [4.78, 5) is 6.27. The Hall–Kier alpha value is -2.96. The van der Waals surface area contributed by atoms with Crippen LogP contribution in [0.5, 0.6) is 0 Å². The third kappa shape index (κ3) is 4.76. The maximum absolute atomic E-state index is 14.1. The van der Waals surface area contributed by atoms with Gasteiger partial charge in [0.05, 0.1) is 5.69 Å². The van der Waals surface area contributed by atoms with Crippen LogP contribution in [0.3, 0.4) is 0 Å². The van der Waals surface area contributed by atoms with Crippen molar-refractivity contribution in [2.45, 2.75) is 19.9 Å². The van der Waals surface area contributed by atoms with E-state index in [1.54, 1.807) is 24.5 Å². The molecule has 0 spiro atoms. The van der Waals surface area contributed by atoms with E-state index >= 15 is 0 Å². The average Bonchev–Trinajstić information content (AvgIpc) is 3.12. The summed E-state index contributed by atoms with van der Waals surface area (Å²) in [6.07, 6.45) is 6.51. The number of halogens is 2. The molecule has 2 heterocycles. The van der Waals surface area contributed by atoms with Gasteiger partial charge in [-0.05, 0) is 79.7 Å². The Morgan fingerprint density at radius 2 is 1.78 bits per heavy atom. The van der Waals surface area contributed by atoms with E-state index in [0.29, 0.717) is 9.79 Å². The van der Waals surface area contributed by atoms with Gasteiger partial charge in [-0.3, -0.25) is 9.55 Å². The van der Waals surface area contributed by atoms with Gasteiger partial charge in [-0.25, -0.2) is 4.39 Å². The van der Waals surface area contributed by atoms with E-state index in [2.05, 4.69) is 21.5 Å². The number of nitrogens with zero attached hydrogens (tertiary/aromatic N) is 4. The number of anilines is 1. The second kappa shape index (κ2) is 9.67. The smallest absolute Gasteiger partial charge is 0.184 e. The number of pyridine rings is 1. The van der Waals surface area contributed by atoms with E-state index in [9.17, 15) is 4.39 Å². The van der Waals surface area contributed by atoms with Gasteiger partial charge in [-0.2, -0.15) is 0 Å². The molecule has 4 nitrogen and oxygen atoms in total. The summed E-state index contributed by atoms with van der Waals surface area (Å²) in [5, 5.41) is 0.655. The van der Waals surface area contributed by atoms with Gasteiger partial charge in [-0.1, -0.05) is 17.7 Å². The summed E-state index contributed by atoms with van der Waals surface area (Å²) >= 11 is 12.0. The zero-order valence-electron chi connectivity index (χ0n) is 18.0. The van der Waals surface area contributed by atoms with Crippen LogP contribution in [0.2, 0.25) is 5.02 Å². The topological polar surface area (TPSA) is 26.0 Å². The molecule has 0 aliphatic carbocycles. The third-order valence-corrected chi connectivity index (χ3v) is 6.18. The standard InChI is InChI=1S/C25H24ClFN4S/c1-18-4-7-20(27)16-23(18)24-17-30(15-3-14-29(2)21-10-12-28-13-11-21)25(32)31(24)22-8-5-19(26)6-9-22/h4-13,16-17H,3,14-15H2,1-2H3. The predicted molar refractivity (Wildman–Crippen MR) is 132 cm³/mol. The normalized spacial score (nSPS) is 11.0. The number of aryl methyl sites for hydroxylation is 2. The molecule has 0 bridgehead atoms. The number of rotatable bonds is 7. The molecular formula is C25H24ClFN4S. The number of benzene rings is 2. The van der Waals surface area contributed by atoms with Crippen molar-refractivity contribution in [1.29, 1.82) is 0 Å². The molecule has 2 aromatic heterocycles. The molecule has 164 valence electrons. The molecular weight excluding hydrogens is 443 g/mol. The molecule has 0 aliphatic rings. The summed E-state index contributed by atoms with van der Waals surface area (Å²) in [6, 6.07) is 16.3. The molecule has 7 heteroatoms. The van der Waals surface area contributed by atoms with Crippen molar-refractivity contribution in [2.75, 3.05) is 18.5 Å². The molecule has 0 atom stereocenters. The van der Waals surface area contributed by atoms with E-state index in [0.717, 1.165) is 47.7 Å². The Morgan fingerprint density at radius 1 is 1.06 bits per heavy atom. The average molecular weight is 467 g/mol. The maximum Gasteiger partial charge on any atom is 0.184 e. The molecule has 0 aliphatic heterocycles. The minimum absolute atomic E-state index is 0.272. The number of aromatic nitrogens is 3. The van der Waals surface area contributed by atoms with Gasteiger partial charge < -0.3 is 9.47 Å². The lowest BCUT2D eigenvalue weighted by Crippen LogP contribution is -2.19. The van der Waals surface area contributed by atoms with Gasteiger partial charge in [0.15, 0.2) is 4.77 Å². The zero-order chi connectivity index (χ0) is 22.7. The number of hydrogen-bond donors (Lipinski definition) is 0. The van der Waals surface area contributed by atoms with Gasteiger partial charge in [-0.15, -0.1) is 0 Å². The molecule has 0 saturated carbocycles. The molecule has 0 fully saturated rings. The van der Waals surface area contributed by atoms with Gasteiger partial charge >= 0.3 is 0 Å². The van der Waals surface area contributed by atoms with E-state index in [1.165, 1.54) is 6.07 Å². The molecule has 32 heavy (non-hydrogen) atoms. The monoisotopic (exact) mass is 466 g/mol. The lowest BCUT2D eigenvalue weighted by Gasteiger charge is -2.18. The Balaban J connectivity index is 1.67. The molecule has 2 aromatic carbocycles. The van der Waals surface area contributed by atoms with Crippen LogP contribution in [-0.4, -0.2) is 27.7 Å². The summed E-state index contributed by atoms with van der Waals surface area (Å²) in [6.45, 7) is 3.59. The van der Waals surface area contributed by atoms with Crippen LogP contribution in [0.25, 0.3) is 16.9 Å². The molecule has 0 unspecified atom stereocenters.